The standard InChI is InChI=1S/C6H12.C4H6O4S.3C4H9.2Sn/c1-3-5-6-4-2;5-3(6)1-2(9)4(7)8;3*1-3-4-2;;/h3H,1,4-6H2,2H3;2,9H,1H2,(H,5,6)(H,7,8);3*1,3-4H2,2H3;;/q;;;;;+2;+3/p-2. The second-order valence-electron chi connectivity index (χ2n) is 6.40. The van der Waals surface area contributed by atoms with E-state index in [2.05, 4.69) is 46.9 Å². The van der Waals surface area contributed by atoms with E-state index in [0.717, 1.165) is 0 Å². The summed E-state index contributed by atoms with van der Waals surface area (Å²) in [6.45, 7) is 12.6. The number of carboxylic acid groups (broad SMARTS) is 2. The largest absolute Gasteiger partial charge is 0.550 e. The van der Waals surface area contributed by atoms with Crippen LogP contribution in [0.4, 0.5) is 0 Å². The van der Waals surface area contributed by atoms with Gasteiger partial charge in [-0.05, 0) is 6.42 Å². The minimum Gasteiger partial charge on any atom is -0.550 e. The Balaban J connectivity index is -0.000000148. The van der Waals surface area contributed by atoms with Crippen molar-refractivity contribution < 1.29 is 19.8 Å². The van der Waals surface area contributed by atoms with Crippen LogP contribution in [-0.4, -0.2) is 60.9 Å². The third-order valence-electron chi connectivity index (χ3n) is 3.34. The fourth-order valence-corrected chi connectivity index (χ4v) is 6.81. The quantitative estimate of drug-likeness (QED) is 0.135. The third kappa shape index (κ3) is 52.7. The molecule has 29 heavy (non-hydrogen) atoms. The first-order valence-corrected chi connectivity index (χ1v) is 17.4. The molecule has 0 heterocycles. The first-order valence-electron chi connectivity index (χ1n) is 10.8. The van der Waals surface area contributed by atoms with Crippen LogP contribution in [0.1, 0.15) is 91.9 Å². The molecule has 0 bridgehead atoms. The molecular weight excluding hydrogens is 598 g/mol. The van der Waals surface area contributed by atoms with E-state index < -0.39 is 23.6 Å². The number of hydrogen-bond acceptors (Lipinski definition) is 5. The Morgan fingerprint density at radius 3 is 1.59 bits per heavy atom. The Labute approximate surface area is 209 Å². The molecule has 0 saturated carbocycles. The first-order chi connectivity index (χ1) is 13.8. The van der Waals surface area contributed by atoms with Crippen molar-refractivity contribution >= 4 is 68.2 Å². The minimum atomic E-state index is -1.50. The molecule has 0 aliphatic carbocycles. The molecule has 0 aliphatic heterocycles. The van der Waals surface area contributed by atoms with E-state index in [1.165, 1.54) is 62.2 Å². The van der Waals surface area contributed by atoms with Gasteiger partial charge in [0.25, 0.3) is 0 Å². The molecule has 0 aliphatic rings. The number of rotatable bonds is 14. The Morgan fingerprint density at radius 1 is 0.966 bits per heavy atom. The van der Waals surface area contributed by atoms with Crippen molar-refractivity contribution in [2.24, 2.45) is 0 Å². The number of carbonyl (C=O) groups excluding carboxylic acids is 2. The average molecular weight is 641 g/mol. The fraction of sp³-hybridized carbons (Fsp3) is 0.818. The smallest absolute Gasteiger partial charge is 0.0545 e. The Bertz CT molecular complexity index is 335. The van der Waals surface area contributed by atoms with Crippen molar-refractivity contribution in [3.63, 3.8) is 0 Å². The molecule has 7 heteroatoms. The molecule has 0 radical (unpaired) electrons. The first kappa shape index (κ1) is 37.0. The summed E-state index contributed by atoms with van der Waals surface area (Å²) >= 11 is 5.22. The second kappa shape index (κ2) is 36.0. The molecule has 0 aromatic rings. The van der Waals surface area contributed by atoms with Crippen molar-refractivity contribution in [1.29, 1.82) is 0 Å². The molecule has 0 aromatic carbocycles. The van der Waals surface area contributed by atoms with E-state index in [-0.39, 0.29) is 21.1 Å². The summed E-state index contributed by atoms with van der Waals surface area (Å²) in [6.07, 6.45) is 13.7. The number of hydrogen-bond donors (Lipinski definition) is 1. The van der Waals surface area contributed by atoms with E-state index in [1.807, 2.05) is 6.08 Å². The van der Waals surface area contributed by atoms with Gasteiger partial charge in [-0.15, -0.1) is 6.58 Å². The van der Waals surface area contributed by atoms with Gasteiger partial charge in [-0.25, -0.2) is 0 Å². The van der Waals surface area contributed by atoms with Crippen LogP contribution in [0.3, 0.4) is 0 Å². The maximum atomic E-state index is 9.76. The van der Waals surface area contributed by atoms with Crippen LogP contribution in [0.5, 0.6) is 0 Å². The summed E-state index contributed by atoms with van der Waals surface area (Å²) in [6, 6.07) is 0. The summed E-state index contributed by atoms with van der Waals surface area (Å²) in [4.78, 5) is 19.4. The topological polar surface area (TPSA) is 80.3 Å². The number of thiol groups is 1. The Morgan fingerprint density at radius 2 is 1.41 bits per heavy atom. The van der Waals surface area contributed by atoms with Crippen LogP contribution in [0.15, 0.2) is 12.7 Å². The molecule has 166 valence electrons. The van der Waals surface area contributed by atoms with Gasteiger partial charge in [0.15, 0.2) is 0 Å². The van der Waals surface area contributed by atoms with Gasteiger partial charge in [0, 0.05) is 17.6 Å². The van der Waals surface area contributed by atoms with Gasteiger partial charge >= 0.3 is 116 Å². The van der Waals surface area contributed by atoms with Gasteiger partial charge in [-0.2, -0.15) is 12.6 Å². The molecule has 4 nitrogen and oxygen atoms in total. The monoisotopic (exact) mass is 643 g/mol. The van der Waals surface area contributed by atoms with E-state index in [4.69, 9.17) is 0 Å². The van der Waals surface area contributed by atoms with E-state index in [0.29, 0.717) is 0 Å². The predicted molar refractivity (Wildman–Crippen MR) is 128 cm³/mol. The summed E-state index contributed by atoms with van der Waals surface area (Å²) < 4.78 is 4.68. The number of carboxylic acids is 2. The van der Waals surface area contributed by atoms with Crippen molar-refractivity contribution in [2.45, 2.75) is 110 Å². The number of carbonyl (C=O) groups is 2. The van der Waals surface area contributed by atoms with Crippen LogP contribution in [-0.2, 0) is 9.59 Å². The molecule has 0 spiro atoms. The van der Waals surface area contributed by atoms with Crippen LogP contribution in [0.25, 0.3) is 0 Å². The van der Waals surface area contributed by atoms with Gasteiger partial charge in [0.05, 0.1) is 5.97 Å². The van der Waals surface area contributed by atoms with Crippen LogP contribution < -0.4 is 10.2 Å². The summed E-state index contributed by atoms with van der Waals surface area (Å²) in [7, 11) is 0. The van der Waals surface area contributed by atoms with Crippen molar-refractivity contribution in [2.75, 3.05) is 0 Å². The number of aliphatic carboxylic acids is 2. The molecule has 0 aromatic heterocycles. The van der Waals surface area contributed by atoms with Gasteiger partial charge in [-0.3, -0.25) is 0 Å². The number of allylic oxidation sites excluding steroid dienone is 1. The maximum absolute atomic E-state index is 9.76. The molecule has 0 N–H and O–H groups in total. The van der Waals surface area contributed by atoms with E-state index in [9.17, 15) is 19.8 Å². The Hall–Kier alpha value is 0.627. The number of unbranched alkanes of at least 4 members (excludes halogenated alkanes) is 5. The van der Waals surface area contributed by atoms with E-state index >= 15 is 0 Å². The van der Waals surface area contributed by atoms with Crippen molar-refractivity contribution in [1.82, 2.24) is 0 Å². The second-order valence-corrected chi connectivity index (χ2v) is 12.7. The van der Waals surface area contributed by atoms with Crippen LogP contribution in [0, 0.1) is 0 Å². The zero-order valence-corrected chi connectivity index (χ0v) is 25.7. The van der Waals surface area contributed by atoms with Gasteiger partial charge in [0.2, 0.25) is 0 Å². The van der Waals surface area contributed by atoms with Crippen LogP contribution >= 0.6 is 12.6 Å². The normalized spacial score (nSPS) is 9.90. The zero-order chi connectivity index (χ0) is 23.3. The summed E-state index contributed by atoms with van der Waals surface area (Å²) in [5.41, 5.74) is 0. The third-order valence-corrected chi connectivity index (χ3v) is 8.78. The van der Waals surface area contributed by atoms with Gasteiger partial charge in [0.1, 0.15) is 0 Å². The molecule has 1 unspecified atom stereocenters. The average Bonchev–Trinajstić information content (AvgIpc) is 2.68. The molecule has 0 fully saturated rings. The zero-order valence-electron chi connectivity index (χ0n) is 19.1. The predicted octanol–water partition coefficient (Wildman–Crippen LogP) is 4.04. The van der Waals surface area contributed by atoms with Crippen molar-refractivity contribution in [3.8, 4) is 0 Å². The molecule has 0 amide bonds. The molecular formula is C22H43O4SSn2+3. The van der Waals surface area contributed by atoms with Crippen LogP contribution in [0.2, 0.25) is 13.3 Å². The fourth-order valence-electron chi connectivity index (χ4n) is 1.49. The Kier molecular flexibility index (Phi) is 45.9. The van der Waals surface area contributed by atoms with Gasteiger partial charge < -0.3 is 19.8 Å². The molecule has 0 rings (SSSR count). The molecule has 1 atom stereocenters. The molecule has 0 saturated heterocycles. The van der Waals surface area contributed by atoms with Crippen molar-refractivity contribution in [3.05, 3.63) is 12.7 Å². The minimum absolute atomic E-state index is 0.149. The van der Waals surface area contributed by atoms with Gasteiger partial charge in [-0.1, -0.05) is 25.8 Å². The summed E-state index contributed by atoms with van der Waals surface area (Å²) in [5, 5.41) is 18.2. The summed E-state index contributed by atoms with van der Waals surface area (Å²) in [5.74, 6) is -2.94. The SMILES string of the molecule is C=CCCCC.CCC[CH2][Sn+2][CH2]CCC.CCC[CH2][Sn+3].O=C([O-])CC(S)C(=O)[O-]. The van der Waals surface area contributed by atoms with E-state index in [1.54, 1.807) is 31.4 Å². The maximum Gasteiger partial charge on any atom is 0.0545 e.